The van der Waals surface area contributed by atoms with E-state index in [1.165, 1.54) is 44.9 Å². The zero-order chi connectivity index (χ0) is 9.23. The number of rotatable bonds is 8. The Labute approximate surface area is 80.4 Å². The van der Waals surface area contributed by atoms with Gasteiger partial charge in [0.15, 0.2) is 0 Å². The molecule has 0 aliphatic rings. The van der Waals surface area contributed by atoms with Crippen molar-refractivity contribution >= 4 is 8.80 Å². The van der Waals surface area contributed by atoms with Crippen molar-refractivity contribution in [3.05, 3.63) is 6.04 Å². The van der Waals surface area contributed by atoms with Crippen molar-refractivity contribution in [3.8, 4) is 0 Å². The topological polar surface area (TPSA) is 0 Å². The normalized spacial score (nSPS) is 11.0. The monoisotopic (exact) mass is 185 g/mol. The van der Waals surface area contributed by atoms with E-state index in [2.05, 4.69) is 26.1 Å². The Morgan fingerprint density at radius 2 is 1.50 bits per heavy atom. The van der Waals surface area contributed by atoms with Crippen molar-refractivity contribution < 1.29 is 0 Å². The van der Waals surface area contributed by atoms with Gasteiger partial charge in [-0.1, -0.05) is 65.0 Å². The van der Waals surface area contributed by atoms with Gasteiger partial charge in [0, 0.05) is 8.80 Å². The van der Waals surface area contributed by atoms with Crippen LogP contribution in [0.5, 0.6) is 0 Å². The second-order valence-electron chi connectivity index (χ2n) is 4.04. The summed E-state index contributed by atoms with van der Waals surface area (Å²) in [6.45, 7) is 7.08. The molecule has 0 saturated carbocycles. The molecule has 0 atom stereocenters. The molecule has 0 heterocycles. The van der Waals surface area contributed by atoms with Crippen molar-refractivity contribution in [1.29, 1.82) is 0 Å². The third-order valence-electron chi connectivity index (χ3n) is 2.20. The van der Waals surface area contributed by atoms with E-state index in [1.54, 1.807) is 0 Å². The third kappa shape index (κ3) is 10.2. The molecule has 0 rings (SSSR count). The minimum absolute atomic E-state index is 0.360. The van der Waals surface area contributed by atoms with Gasteiger partial charge in [-0.2, -0.15) is 0 Å². The quantitative estimate of drug-likeness (QED) is 0.396. The van der Waals surface area contributed by atoms with Gasteiger partial charge in [0.2, 0.25) is 0 Å². The largest absolute Gasteiger partial charge is 0.0720 e. The summed E-state index contributed by atoms with van der Waals surface area (Å²) in [6.07, 6.45) is 9.99. The van der Waals surface area contributed by atoms with Gasteiger partial charge in [-0.3, -0.25) is 0 Å². The lowest BCUT2D eigenvalue weighted by atomic mass is 10.1. The Kier molecular flexibility index (Phi) is 9.47. The van der Waals surface area contributed by atoms with Crippen molar-refractivity contribution in [3.63, 3.8) is 0 Å². The molecule has 0 nitrogen and oxygen atoms in total. The first kappa shape index (κ1) is 12.2. The molecule has 12 heavy (non-hydrogen) atoms. The third-order valence-corrected chi connectivity index (χ3v) is 3.47. The summed E-state index contributed by atoms with van der Waals surface area (Å²) in [5.41, 5.74) is 0. The van der Waals surface area contributed by atoms with E-state index in [4.69, 9.17) is 0 Å². The molecule has 0 aromatic carbocycles. The summed E-state index contributed by atoms with van der Waals surface area (Å²) >= 11 is 0. The minimum atomic E-state index is -0.360. The van der Waals surface area contributed by atoms with Crippen LogP contribution in [-0.4, -0.2) is 8.80 Å². The molecule has 1 heteroatoms. The van der Waals surface area contributed by atoms with E-state index in [9.17, 15) is 0 Å². The summed E-state index contributed by atoms with van der Waals surface area (Å²) in [5.74, 6) is 0. The lowest BCUT2D eigenvalue weighted by Gasteiger charge is -2.02. The van der Waals surface area contributed by atoms with Crippen LogP contribution in [0.15, 0.2) is 0 Å². The fourth-order valence-electron chi connectivity index (χ4n) is 1.38. The first-order valence-electron chi connectivity index (χ1n) is 5.60. The Bertz CT molecular complexity index is 79.1. The van der Waals surface area contributed by atoms with Gasteiger partial charge in [-0.05, 0) is 6.04 Å². The minimum Gasteiger partial charge on any atom is -0.0720 e. The number of hydrogen-bond donors (Lipinski definition) is 0. The van der Waals surface area contributed by atoms with Crippen LogP contribution in [0.3, 0.4) is 0 Å². The molecule has 0 N–H and O–H groups in total. The maximum atomic E-state index is 2.57. The molecule has 1 radical (unpaired) electrons. The van der Waals surface area contributed by atoms with Gasteiger partial charge < -0.3 is 0 Å². The lowest BCUT2D eigenvalue weighted by molar-refractivity contribution is 0.609. The maximum absolute atomic E-state index is 2.57. The average Bonchev–Trinajstić information content (AvgIpc) is 2.02. The maximum Gasteiger partial charge on any atom is 0.0336 e. The molecule has 0 spiro atoms. The van der Waals surface area contributed by atoms with Gasteiger partial charge in [-0.25, -0.2) is 0 Å². The summed E-state index contributed by atoms with van der Waals surface area (Å²) in [6, 6.07) is 2.57. The molecular weight excluding hydrogens is 160 g/mol. The smallest absolute Gasteiger partial charge is 0.0336 e. The molecular formula is C11H25Si. The first-order chi connectivity index (χ1) is 5.77. The highest BCUT2D eigenvalue weighted by Crippen LogP contribution is 2.08. The Balaban J connectivity index is 2.82. The fraction of sp³-hybridized carbons (Fsp3) is 0.909. The van der Waals surface area contributed by atoms with Crippen LogP contribution in [0.25, 0.3) is 0 Å². The first-order valence-corrected chi connectivity index (χ1v) is 8.58. The van der Waals surface area contributed by atoms with E-state index < -0.39 is 0 Å². The summed E-state index contributed by atoms with van der Waals surface area (Å²) in [7, 11) is -0.360. The van der Waals surface area contributed by atoms with Crippen LogP contribution >= 0.6 is 0 Å². The second-order valence-corrected chi connectivity index (χ2v) is 7.00. The molecule has 0 unspecified atom stereocenters. The number of unbranched alkanes of at least 4 members (excludes halogenated alkanes) is 6. The predicted molar refractivity (Wildman–Crippen MR) is 61.2 cm³/mol. The van der Waals surface area contributed by atoms with Crippen molar-refractivity contribution in [2.45, 2.75) is 65.0 Å². The van der Waals surface area contributed by atoms with Gasteiger partial charge in [0.05, 0.1) is 0 Å². The summed E-state index contributed by atoms with van der Waals surface area (Å²) in [4.78, 5) is 0. The van der Waals surface area contributed by atoms with Crippen LogP contribution in [-0.2, 0) is 0 Å². The summed E-state index contributed by atoms with van der Waals surface area (Å²) in [5, 5.41) is 0. The van der Waals surface area contributed by atoms with Crippen LogP contribution in [0.2, 0.25) is 13.1 Å². The SMILES string of the molecule is CCCCCCCC[CH][SiH](C)C. The van der Waals surface area contributed by atoms with Gasteiger partial charge >= 0.3 is 0 Å². The van der Waals surface area contributed by atoms with Crippen molar-refractivity contribution in [1.82, 2.24) is 0 Å². The fourth-order valence-corrected chi connectivity index (χ4v) is 2.28. The van der Waals surface area contributed by atoms with E-state index in [0.717, 1.165) is 0 Å². The molecule has 73 valence electrons. The van der Waals surface area contributed by atoms with E-state index >= 15 is 0 Å². The van der Waals surface area contributed by atoms with Gasteiger partial charge in [0.1, 0.15) is 0 Å². The van der Waals surface area contributed by atoms with Gasteiger partial charge in [0.25, 0.3) is 0 Å². The standard InChI is InChI=1S/C11H25Si/c1-4-5-6-7-8-9-10-11-12(2)3/h11-12H,4-10H2,1-3H3. The highest BCUT2D eigenvalue weighted by atomic mass is 28.3. The van der Waals surface area contributed by atoms with E-state index in [0.29, 0.717) is 0 Å². The second kappa shape index (κ2) is 9.31. The number of hydrogen-bond acceptors (Lipinski definition) is 0. The predicted octanol–water partition coefficient (Wildman–Crippen LogP) is 3.97. The summed E-state index contributed by atoms with van der Waals surface area (Å²) < 4.78 is 0. The average molecular weight is 185 g/mol. The lowest BCUT2D eigenvalue weighted by Crippen LogP contribution is -2.00. The van der Waals surface area contributed by atoms with E-state index in [1.807, 2.05) is 0 Å². The van der Waals surface area contributed by atoms with E-state index in [-0.39, 0.29) is 8.80 Å². The van der Waals surface area contributed by atoms with Crippen LogP contribution in [0, 0.1) is 6.04 Å². The Morgan fingerprint density at radius 1 is 0.917 bits per heavy atom. The van der Waals surface area contributed by atoms with Crippen LogP contribution < -0.4 is 0 Å². The Hall–Kier alpha value is 0.217. The molecule has 0 aliphatic carbocycles. The van der Waals surface area contributed by atoms with Crippen molar-refractivity contribution in [2.75, 3.05) is 0 Å². The molecule has 0 aliphatic heterocycles. The molecule has 0 aromatic rings. The zero-order valence-electron chi connectivity index (χ0n) is 9.10. The molecule has 0 aromatic heterocycles. The Morgan fingerprint density at radius 3 is 2.08 bits per heavy atom. The molecule has 0 bridgehead atoms. The highest BCUT2D eigenvalue weighted by molar-refractivity contribution is 6.59. The molecule has 0 saturated heterocycles. The highest BCUT2D eigenvalue weighted by Gasteiger charge is 1.95. The molecule has 0 fully saturated rings. The zero-order valence-corrected chi connectivity index (χ0v) is 10.3. The van der Waals surface area contributed by atoms with Gasteiger partial charge in [-0.15, -0.1) is 0 Å². The van der Waals surface area contributed by atoms with Crippen molar-refractivity contribution in [2.24, 2.45) is 0 Å². The van der Waals surface area contributed by atoms with Crippen LogP contribution in [0.1, 0.15) is 51.9 Å². The molecule has 0 amide bonds. The van der Waals surface area contributed by atoms with Crippen LogP contribution in [0.4, 0.5) is 0 Å².